The van der Waals surface area contributed by atoms with E-state index in [9.17, 15) is 0 Å². The zero-order chi connectivity index (χ0) is 8.93. The second kappa shape index (κ2) is 4.99. The van der Waals surface area contributed by atoms with Crippen LogP contribution < -0.4 is 0 Å². The lowest BCUT2D eigenvalue weighted by molar-refractivity contribution is 0.0204. The molecule has 13 heavy (non-hydrogen) atoms. The molecule has 1 nitrogen and oxygen atoms in total. The second-order valence-corrected chi connectivity index (χ2v) is 4.43. The van der Waals surface area contributed by atoms with Gasteiger partial charge in [-0.25, -0.2) is 0 Å². The van der Waals surface area contributed by atoms with Crippen LogP contribution in [0, 0.1) is 5.92 Å². The largest absolute Gasteiger partial charge is 0.378 e. The Kier molecular flexibility index (Phi) is 3.65. The van der Waals surface area contributed by atoms with Crippen molar-refractivity contribution in [1.82, 2.24) is 0 Å². The van der Waals surface area contributed by atoms with Crippen LogP contribution in [-0.2, 0) is 4.74 Å². The Morgan fingerprint density at radius 3 is 2.23 bits per heavy atom. The van der Waals surface area contributed by atoms with Gasteiger partial charge in [0.1, 0.15) is 0 Å². The van der Waals surface area contributed by atoms with Crippen molar-refractivity contribution in [1.29, 1.82) is 0 Å². The fraction of sp³-hybridized carbons (Fsp3) is 0.917. The van der Waals surface area contributed by atoms with Crippen molar-refractivity contribution in [3.8, 4) is 0 Å². The molecule has 0 aromatic heterocycles. The number of ether oxygens (including phenoxy) is 1. The molecule has 2 aliphatic rings. The van der Waals surface area contributed by atoms with Gasteiger partial charge in [-0.15, -0.1) is 0 Å². The first-order valence-electron chi connectivity index (χ1n) is 5.93. The van der Waals surface area contributed by atoms with Crippen molar-refractivity contribution in [2.45, 2.75) is 63.9 Å². The highest BCUT2D eigenvalue weighted by atomic mass is 16.5. The molecule has 1 unspecified atom stereocenters. The summed E-state index contributed by atoms with van der Waals surface area (Å²) < 4.78 is 5.84. The van der Waals surface area contributed by atoms with Crippen LogP contribution in [0.3, 0.4) is 0 Å². The summed E-state index contributed by atoms with van der Waals surface area (Å²) in [6.07, 6.45) is 12.9. The standard InChI is InChI=1S/C12H21O/c1-2-4-8-11(7-3-1)12-9-5-6-10-13-12/h12H,1-10H2. The van der Waals surface area contributed by atoms with Gasteiger partial charge in [0.15, 0.2) is 0 Å². The minimum Gasteiger partial charge on any atom is -0.378 e. The molecule has 75 valence electrons. The van der Waals surface area contributed by atoms with E-state index < -0.39 is 0 Å². The summed E-state index contributed by atoms with van der Waals surface area (Å²) in [4.78, 5) is 0. The van der Waals surface area contributed by atoms with E-state index in [1.165, 1.54) is 57.8 Å². The number of hydrogen-bond donors (Lipinski definition) is 0. The SMILES string of the molecule is C1CCC[C](C2CCCCO2)CC1. The monoisotopic (exact) mass is 181 g/mol. The molecule has 2 rings (SSSR count). The second-order valence-electron chi connectivity index (χ2n) is 4.43. The third-order valence-electron chi connectivity index (χ3n) is 3.38. The van der Waals surface area contributed by atoms with Crippen molar-refractivity contribution < 1.29 is 4.74 Å². The van der Waals surface area contributed by atoms with E-state index in [0.29, 0.717) is 6.10 Å². The minimum absolute atomic E-state index is 0.548. The molecule has 0 aromatic rings. The number of rotatable bonds is 1. The highest BCUT2D eigenvalue weighted by Gasteiger charge is 2.25. The lowest BCUT2D eigenvalue weighted by Gasteiger charge is -2.29. The molecule has 1 aliphatic carbocycles. The van der Waals surface area contributed by atoms with E-state index >= 15 is 0 Å². The highest BCUT2D eigenvalue weighted by Crippen LogP contribution is 2.32. The maximum Gasteiger partial charge on any atom is 0.0637 e. The van der Waals surface area contributed by atoms with Crippen molar-refractivity contribution >= 4 is 0 Å². The molecular formula is C12H21O. The Morgan fingerprint density at radius 2 is 1.62 bits per heavy atom. The molecule has 1 heteroatoms. The maximum atomic E-state index is 5.84. The lowest BCUT2D eigenvalue weighted by Crippen LogP contribution is -2.26. The molecule has 1 heterocycles. The molecular weight excluding hydrogens is 160 g/mol. The van der Waals surface area contributed by atoms with Gasteiger partial charge in [0.05, 0.1) is 6.10 Å². The van der Waals surface area contributed by atoms with Crippen LogP contribution in [0.2, 0.25) is 0 Å². The summed E-state index contributed by atoms with van der Waals surface area (Å²) in [6.45, 7) is 1.01. The third kappa shape index (κ3) is 2.70. The Labute approximate surface area is 81.9 Å². The molecule has 1 atom stereocenters. The van der Waals surface area contributed by atoms with Crippen LogP contribution in [0.5, 0.6) is 0 Å². The van der Waals surface area contributed by atoms with Crippen LogP contribution >= 0.6 is 0 Å². The Bertz CT molecular complexity index is 130. The van der Waals surface area contributed by atoms with E-state index in [1.54, 1.807) is 5.92 Å². The summed E-state index contributed by atoms with van der Waals surface area (Å²) in [5.74, 6) is 1.73. The fourth-order valence-electron chi connectivity index (χ4n) is 2.57. The van der Waals surface area contributed by atoms with E-state index in [1.807, 2.05) is 0 Å². The average Bonchev–Trinajstić information content (AvgIpc) is 2.47. The van der Waals surface area contributed by atoms with Gasteiger partial charge in [-0.1, -0.05) is 25.7 Å². The molecule has 0 N–H and O–H groups in total. The molecule has 1 saturated carbocycles. The van der Waals surface area contributed by atoms with Crippen LogP contribution in [0.15, 0.2) is 0 Å². The minimum atomic E-state index is 0.548. The zero-order valence-corrected chi connectivity index (χ0v) is 8.56. The first-order chi connectivity index (χ1) is 6.47. The van der Waals surface area contributed by atoms with Gasteiger partial charge in [0, 0.05) is 12.5 Å². The highest BCUT2D eigenvalue weighted by molar-refractivity contribution is 4.99. The van der Waals surface area contributed by atoms with Crippen molar-refractivity contribution in [3.63, 3.8) is 0 Å². The molecule has 2 fully saturated rings. The van der Waals surface area contributed by atoms with E-state index in [-0.39, 0.29) is 0 Å². The number of hydrogen-bond acceptors (Lipinski definition) is 1. The van der Waals surface area contributed by atoms with E-state index in [4.69, 9.17) is 4.74 Å². The predicted molar refractivity (Wildman–Crippen MR) is 54.5 cm³/mol. The topological polar surface area (TPSA) is 9.23 Å². The Hall–Kier alpha value is -0.0400. The summed E-state index contributed by atoms with van der Waals surface area (Å²) in [6, 6.07) is 0. The van der Waals surface area contributed by atoms with E-state index in [2.05, 4.69) is 0 Å². The van der Waals surface area contributed by atoms with Crippen LogP contribution in [0.4, 0.5) is 0 Å². The quantitative estimate of drug-likeness (QED) is 0.563. The Balaban J connectivity index is 1.82. The first-order valence-corrected chi connectivity index (χ1v) is 5.93. The third-order valence-corrected chi connectivity index (χ3v) is 3.38. The van der Waals surface area contributed by atoms with Gasteiger partial charge in [0.25, 0.3) is 0 Å². The molecule has 1 radical (unpaired) electrons. The van der Waals surface area contributed by atoms with Crippen LogP contribution in [0.25, 0.3) is 0 Å². The first kappa shape index (κ1) is 9.51. The summed E-state index contributed by atoms with van der Waals surface area (Å²) in [7, 11) is 0. The van der Waals surface area contributed by atoms with Gasteiger partial charge in [-0.05, 0) is 32.1 Å². The van der Waals surface area contributed by atoms with Gasteiger partial charge >= 0.3 is 0 Å². The van der Waals surface area contributed by atoms with Gasteiger partial charge in [-0.2, -0.15) is 0 Å². The molecule has 0 amide bonds. The normalized spacial score (nSPS) is 32.8. The maximum absolute atomic E-state index is 5.84. The van der Waals surface area contributed by atoms with Crippen molar-refractivity contribution in [2.75, 3.05) is 6.61 Å². The van der Waals surface area contributed by atoms with Crippen molar-refractivity contribution in [3.05, 3.63) is 5.92 Å². The molecule has 1 saturated heterocycles. The molecule has 0 bridgehead atoms. The van der Waals surface area contributed by atoms with Crippen molar-refractivity contribution in [2.24, 2.45) is 0 Å². The van der Waals surface area contributed by atoms with Gasteiger partial charge < -0.3 is 4.74 Å². The molecule has 1 aliphatic heterocycles. The van der Waals surface area contributed by atoms with Gasteiger partial charge in [-0.3, -0.25) is 0 Å². The van der Waals surface area contributed by atoms with Crippen LogP contribution in [-0.4, -0.2) is 12.7 Å². The molecule has 0 aromatic carbocycles. The van der Waals surface area contributed by atoms with Crippen LogP contribution in [0.1, 0.15) is 57.8 Å². The molecule has 0 spiro atoms. The summed E-state index contributed by atoms with van der Waals surface area (Å²) in [5, 5.41) is 0. The zero-order valence-electron chi connectivity index (χ0n) is 8.56. The predicted octanol–water partition coefficient (Wildman–Crippen LogP) is 3.48. The van der Waals surface area contributed by atoms with E-state index in [0.717, 1.165) is 6.61 Å². The fourth-order valence-corrected chi connectivity index (χ4v) is 2.57. The summed E-state index contributed by atoms with van der Waals surface area (Å²) in [5.41, 5.74) is 0. The Morgan fingerprint density at radius 1 is 0.846 bits per heavy atom. The summed E-state index contributed by atoms with van der Waals surface area (Å²) >= 11 is 0. The van der Waals surface area contributed by atoms with Gasteiger partial charge in [0.2, 0.25) is 0 Å². The smallest absolute Gasteiger partial charge is 0.0637 e. The average molecular weight is 181 g/mol. The lowest BCUT2D eigenvalue weighted by atomic mass is 9.89.